The van der Waals surface area contributed by atoms with Gasteiger partial charge in [0.15, 0.2) is 5.82 Å². The normalized spacial score (nSPS) is 16.1. The van der Waals surface area contributed by atoms with Crippen molar-refractivity contribution in [3.05, 3.63) is 22.7 Å². The van der Waals surface area contributed by atoms with Gasteiger partial charge in [-0.25, -0.2) is 4.98 Å². The van der Waals surface area contributed by atoms with Crippen molar-refractivity contribution < 1.29 is 0 Å². The van der Waals surface area contributed by atoms with Crippen LogP contribution in [-0.4, -0.2) is 38.1 Å². The van der Waals surface area contributed by atoms with Gasteiger partial charge in [0.2, 0.25) is 5.65 Å². The Balaban J connectivity index is 1.99. The zero-order valence-corrected chi connectivity index (χ0v) is 12.4. The number of nitrogens with zero attached hydrogens (tertiary/aromatic N) is 6. The highest BCUT2D eigenvalue weighted by molar-refractivity contribution is 9.10. The van der Waals surface area contributed by atoms with Gasteiger partial charge in [0, 0.05) is 17.6 Å². The maximum absolute atomic E-state index is 4.78. The summed E-state index contributed by atoms with van der Waals surface area (Å²) in [6.45, 7) is 2.05. The molecule has 7 heteroatoms. The number of hydrogen-bond acceptors (Lipinski definition) is 5. The highest BCUT2D eigenvalue weighted by Crippen LogP contribution is 2.26. The van der Waals surface area contributed by atoms with Crippen LogP contribution in [0, 0.1) is 0 Å². The summed E-state index contributed by atoms with van der Waals surface area (Å²) < 4.78 is 2.77. The Bertz CT molecular complexity index is 777. The third-order valence-corrected chi connectivity index (χ3v) is 4.21. The van der Waals surface area contributed by atoms with Crippen molar-refractivity contribution in [2.75, 3.05) is 18.0 Å². The molecule has 1 aliphatic heterocycles. The zero-order chi connectivity index (χ0) is 13.5. The number of rotatable bonds is 1. The Kier molecular flexibility index (Phi) is 2.80. The van der Waals surface area contributed by atoms with E-state index in [4.69, 9.17) is 4.98 Å². The van der Waals surface area contributed by atoms with E-state index >= 15 is 0 Å². The van der Waals surface area contributed by atoms with Gasteiger partial charge in [-0.2, -0.15) is 4.52 Å². The van der Waals surface area contributed by atoms with Gasteiger partial charge in [-0.05, 0) is 47.9 Å². The molecule has 4 rings (SSSR count). The number of benzene rings is 1. The molecule has 0 bridgehead atoms. The Morgan fingerprint density at radius 1 is 1.10 bits per heavy atom. The van der Waals surface area contributed by atoms with Crippen molar-refractivity contribution in [1.29, 1.82) is 0 Å². The lowest BCUT2D eigenvalue weighted by Crippen LogP contribution is -2.30. The highest BCUT2D eigenvalue weighted by atomic mass is 79.9. The predicted octanol–water partition coefficient (Wildman–Crippen LogP) is 2.43. The van der Waals surface area contributed by atoms with Crippen molar-refractivity contribution in [3.8, 4) is 0 Å². The average Bonchev–Trinajstić information content (AvgIpc) is 2.97. The van der Waals surface area contributed by atoms with Crippen LogP contribution in [0.15, 0.2) is 22.7 Å². The minimum absolute atomic E-state index is 0.734. The van der Waals surface area contributed by atoms with Crippen LogP contribution in [0.5, 0.6) is 0 Å². The van der Waals surface area contributed by atoms with E-state index in [0.717, 1.165) is 40.1 Å². The topological polar surface area (TPSA) is 59.2 Å². The van der Waals surface area contributed by atoms with Crippen LogP contribution in [0.2, 0.25) is 0 Å². The summed E-state index contributed by atoms with van der Waals surface area (Å²) in [6.07, 6.45) is 3.69. The molecule has 3 heterocycles. The fourth-order valence-electron chi connectivity index (χ4n) is 2.73. The first kappa shape index (κ1) is 12.0. The molecule has 0 radical (unpaired) electrons. The lowest BCUT2D eigenvalue weighted by molar-refractivity contribution is 0.574. The van der Waals surface area contributed by atoms with Crippen LogP contribution >= 0.6 is 15.9 Å². The van der Waals surface area contributed by atoms with Crippen LogP contribution < -0.4 is 4.90 Å². The fraction of sp³-hybridized carbons (Fsp3) is 0.385. The minimum Gasteiger partial charge on any atom is -0.353 e. The number of tetrazole rings is 1. The third kappa shape index (κ3) is 1.84. The number of fused-ring (bicyclic) bond motifs is 3. The molecular weight excluding hydrogens is 320 g/mol. The van der Waals surface area contributed by atoms with Gasteiger partial charge in [-0.15, -0.1) is 5.10 Å². The summed E-state index contributed by atoms with van der Waals surface area (Å²) in [5.74, 6) is 0.893. The smallest absolute Gasteiger partial charge is 0.222 e. The second kappa shape index (κ2) is 4.66. The molecule has 1 aliphatic rings. The standard InChI is InChI=1S/C13H13BrN6/c14-9-4-5-10-11(8-9)20-13(16-17-18-20)12(15-10)19-6-2-1-3-7-19/h4-5,8H,1-3,6-7H2. The van der Waals surface area contributed by atoms with Gasteiger partial charge in [0.05, 0.1) is 11.0 Å². The van der Waals surface area contributed by atoms with Gasteiger partial charge >= 0.3 is 0 Å². The van der Waals surface area contributed by atoms with E-state index in [0.29, 0.717) is 0 Å². The van der Waals surface area contributed by atoms with E-state index in [1.807, 2.05) is 18.2 Å². The largest absolute Gasteiger partial charge is 0.353 e. The molecule has 3 aromatic rings. The SMILES string of the molecule is Brc1ccc2nc(N3CCCCC3)c3nnnn3c2c1. The molecule has 6 nitrogen and oxygen atoms in total. The summed E-state index contributed by atoms with van der Waals surface area (Å²) in [6, 6.07) is 5.98. The lowest BCUT2D eigenvalue weighted by Gasteiger charge is -2.27. The monoisotopic (exact) mass is 332 g/mol. The average molecular weight is 333 g/mol. The van der Waals surface area contributed by atoms with Crippen molar-refractivity contribution in [1.82, 2.24) is 25.0 Å². The van der Waals surface area contributed by atoms with Crippen LogP contribution in [0.3, 0.4) is 0 Å². The van der Waals surface area contributed by atoms with Crippen LogP contribution in [0.4, 0.5) is 5.82 Å². The number of anilines is 1. The molecule has 0 unspecified atom stereocenters. The molecule has 1 saturated heterocycles. The van der Waals surface area contributed by atoms with Crippen LogP contribution in [0.1, 0.15) is 19.3 Å². The molecule has 0 N–H and O–H groups in total. The first-order valence-corrected chi connectivity index (χ1v) is 7.54. The van der Waals surface area contributed by atoms with E-state index in [1.165, 1.54) is 19.3 Å². The Morgan fingerprint density at radius 3 is 2.80 bits per heavy atom. The first-order chi connectivity index (χ1) is 9.83. The summed E-state index contributed by atoms with van der Waals surface area (Å²) in [4.78, 5) is 7.07. The Morgan fingerprint density at radius 2 is 1.95 bits per heavy atom. The summed E-state index contributed by atoms with van der Waals surface area (Å²) in [7, 11) is 0. The molecule has 0 saturated carbocycles. The van der Waals surface area contributed by atoms with Crippen molar-refractivity contribution >= 4 is 38.4 Å². The Labute approximate surface area is 123 Å². The maximum Gasteiger partial charge on any atom is 0.222 e. The lowest BCUT2D eigenvalue weighted by atomic mass is 10.1. The molecule has 20 heavy (non-hydrogen) atoms. The molecule has 1 fully saturated rings. The molecule has 0 aliphatic carbocycles. The van der Waals surface area contributed by atoms with E-state index in [-0.39, 0.29) is 0 Å². The van der Waals surface area contributed by atoms with Gasteiger partial charge in [0.1, 0.15) is 0 Å². The third-order valence-electron chi connectivity index (χ3n) is 3.72. The molecule has 102 valence electrons. The summed E-state index contributed by atoms with van der Waals surface area (Å²) in [5.41, 5.74) is 2.56. The number of hydrogen-bond donors (Lipinski definition) is 0. The van der Waals surface area contributed by atoms with E-state index in [9.17, 15) is 0 Å². The Hall–Kier alpha value is -1.76. The van der Waals surface area contributed by atoms with Crippen LogP contribution in [0.25, 0.3) is 16.7 Å². The molecule has 2 aromatic heterocycles. The zero-order valence-electron chi connectivity index (χ0n) is 10.8. The quantitative estimate of drug-likeness (QED) is 0.684. The first-order valence-electron chi connectivity index (χ1n) is 6.75. The van der Waals surface area contributed by atoms with Crippen molar-refractivity contribution in [3.63, 3.8) is 0 Å². The number of halogens is 1. The predicted molar refractivity (Wildman–Crippen MR) is 79.8 cm³/mol. The number of piperidine rings is 1. The van der Waals surface area contributed by atoms with Crippen molar-refractivity contribution in [2.45, 2.75) is 19.3 Å². The van der Waals surface area contributed by atoms with Crippen molar-refractivity contribution in [2.24, 2.45) is 0 Å². The maximum atomic E-state index is 4.78. The molecule has 0 amide bonds. The summed E-state index contributed by atoms with van der Waals surface area (Å²) in [5, 5.41) is 12.1. The fourth-order valence-corrected chi connectivity index (χ4v) is 3.08. The van der Waals surface area contributed by atoms with E-state index in [2.05, 4.69) is 36.4 Å². The minimum atomic E-state index is 0.734. The van der Waals surface area contributed by atoms with Gasteiger partial charge < -0.3 is 4.90 Å². The highest BCUT2D eigenvalue weighted by Gasteiger charge is 2.19. The number of aromatic nitrogens is 5. The van der Waals surface area contributed by atoms with E-state index in [1.54, 1.807) is 4.52 Å². The molecule has 0 atom stereocenters. The molecular formula is C13H13BrN6. The van der Waals surface area contributed by atoms with Crippen LogP contribution in [-0.2, 0) is 0 Å². The second-order valence-electron chi connectivity index (χ2n) is 5.03. The van der Waals surface area contributed by atoms with Gasteiger partial charge in [-0.1, -0.05) is 15.9 Å². The van der Waals surface area contributed by atoms with Gasteiger partial charge in [-0.3, -0.25) is 0 Å². The van der Waals surface area contributed by atoms with E-state index < -0.39 is 0 Å². The summed E-state index contributed by atoms with van der Waals surface area (Å²) >= 11 is 3.48. The molecule has 1 aromatic carbocycles. The van der Waals surface area contributed by atoms with Gasteiger partial charge in [0.25, 0.3) is 0 Å². The second-order valence-corrected chi connectivity index (χ2v) is 5.95. The molecule has 0 spiro atoms.